The second kappa shape index (κ2) is 7.27. The lowest BCUT2D eigenvalue weighted by atomic mass is 10.2. The summed E-state index contributed by atoms with van der Waals surface area (Å²) < 4.78 is 5.61. The summed E-state index contributed by atoms with van der Waals surface area (Å²) in [7, 11) is 0. The molecule has 3 nitrogen and oxygen atoms in total. The molecular formula is C14H16Cl2N2OS. The second-order valence-corrected chi connectivity index (χ2v) is 6.22. The maximum atomic E-state index is 6.07. The van der Waals surface area contributed by atoms with Gasteiger partial charge < -0.3 is 15.5 Å². The van der Waals surface area contributed by atoms with E-state index in [1.54, 1.807) is 11.8 Å². The Morgan fingerprint density at radius 2 is 2.00 bits per heavy atom. The van der Waals surface area contributed by atoms with E-state index in [9.17, 15) is 0 Å². The van der Waals surface area contributed by atoms with Gasteiger partial charge in [0.25, 0.3) is 0 Å². The molecule has 2 aromatic rings. The number of thioether (sulfide) groups is 1. The molecule has 0 saturated carbocycles. The quantitative estimate of drug-likeness (QED) is 0.604. The lowest BCUT2D eigenvalue weighted by Gasteiger charge is -2.08. The van der Waals surface area contributed by atoms with Gasteiger partial charge in [-0.25, -0.2) is 0 Å². The van der Waals surface area contributed by atoms with E-state index in [-0.39, 0.29) is 0 Å². The van der Waals surface area contributed by atoms with Crippen LogP contribution in [0.15, 0.2) is 29.4 Å². The topological polar surface area (TPSA) is 51.0 Å². The van der Waals surface area contributed by atoms with Crippen molar-refractivity contribution in [3.63, 3.8) is 0 Å². The molecule has 1 aromatic carbocycles. The number of benzene rings is 1. The molecule has 0 aliphatic rings. The van der Waals surface area contributed by atoms with Gasteiger partial charge >= 0.3 is 0 Å². The van der Waals surface area contributed by atoms with Crippen LogP contribution < -0.4 is 5.73 Å². The van der Waals surface area contributed by atoms with E-state index in [2.05, 4.69) is 4.98 Å². The van der Waals surface area contributed by atoms with Crippen LogP contribution in [0.25, 0.3) is 0 Å². The zero-order valence-electron chi connectivity index (χ0n) is 11.1. The smallest absolute Gasteiger partial charge is 0.0773 e. The third kappa shape index (κ3) is 3.85. The molecule has 6 heteroatoms. The van der Waals surface area contributed by atoms with E-state index in [1.165, 1.54) is 0 Å². The largest absolute Gasteiger partial charge is 0.397 e. The van der Waals surface area contributed by atoms with E-state index < -0.39 is 0 Å². The van der Waals surface area contributed by atoms with Crippen LogP contribution in [0.1, 0.15) is 11.1 Å². The summed E-state index contributed by atoms with van der Waals surface area (Å²) in [6, 6.07) is 5.44. The molecular weight excluding hydrogens is 315 g/mol. The van der Waals surface area contributed by atoms with Gasteiger partial charge in [0.15, 0.2) is 0 Å². The fourth-order valence-corrected chi connectivity index (χ4v) is 3.08. The third-order valence-electron chi connectivity index (χ3n) is 2.91. The summed E-state index contributed by atoms with van der Waals surface area (Å²) in [4.78, 5) is 3.14. The number of nitrogens with two attached hydrogens (primary N) is 1. The molecule has 2 rings (SSSR count). The normalized spacial score (nSPS) is 10.9. The van der Waals surface area contributed by atoms with Crippen molar-refractivity contribution >= 4 is 40.7 Å². The van der Waals surface area contributed by atoms with Crippen LogP contribution in [0, 0.1) is 6.92 Å². The predicted octanol–water partition coefficient (Wildman–Crippen LogP) is 4.52. The van der Waals surface area contributed by atoms with Crippen molar-refractivity contribution in [2.24, 2.45) is 0 Å². The van der Waals surface area contributed by atoms with Crippen LogP contribution in [-0.4, -0.2) is 17.3 Å². The number of hydrogen-bond donors (Lipinski definition) is 2. The van der Waals surface area contributed by atoms with Gasteiger partial charge in [-0.2, -0.15) is 0 Å². The monoisotopic (exact) mass is 330 g/mol. The SMILES string of the molecule is Cc1c(N)c[nH]c1SCCOCc1c(Cl)cccc1Cl. The number of hydrogen-bond acceptors (Lipinski definition) is 3. The summed E-state index contributed by atoms with van der Waals surface area (Å²) in [6.07, 6.45) is 1.81. The molecule has 108 valence electrons. The fraction of sp³-hybridized carbons (Fsp3) is 0.286. The minimum absolute atomic E-state index is 0.422. The van der Waals surface area contributed by atoms with Gasteiger partial charge in [-0.1, -0.05) is 29.3 Å². The van der Waals surface area contributed by atoms with Crippen molar-refractivity contribution in [1.29, 1.82) is 0 Å². The Bertz CT molecular complexity index is 566. The van der Waals surface area contributed by atoms with Crippen LogP contribution in [0.2, 0.25) is 10.0 Å². The van der Waals surface area contributed by atoms with Crippen molar-refractivity contribution < 1.29 is 4.74 Å². The number of H-pyrrole nitrogens is 1. The Hall–Kier alpha value is -0.810. The van der Waals surface area contributed by atoms with Crippen molar-refractivity contribution in [2.45, 2.75) is 18.6 Å². The molecule has 0 unspecified atom stereocenters. The van der Waals surface area contributed by atoms with Gasteiger partial charge in [0.05, 0.1) is 23.9 Å². The zero-order chi connectivity index (χ0) is 14.5. The summed E-state index contributed by atoms with van der Waals surface area (Å²) >= 11 is 13.8. The highest BCUT2D eigenvalue weighted by molar-refractivity contribution is 7.99. The van der Waals surface area contributed by atoms with Crippen molar-refractivity contribution in [2.75, 3.05) is 18.1 Å². The molecule has 1 heterocycles. The highest BCUT2D eigenvalue weighted by Crippen LogP contribution is 2.26. The first kappa shape index (κ1) is 15.6. The van der Waals surface area contributed by atoms with Gasteiger partial charge in [-0.05, 0) is 19.1 Å². The molecule has 20 heavy (non-hydrogen) atoms. The van der Waals surface area contributed by atoms with E-state index in [0.29, 0.717) is 23.3 Å². The summed E-state index contributed by atoms with van der Waals surface area (Å²) in [5, 5.41) is 2.36. The third-order valence-corrected chi connectivity index (χ3v) is 4.71. The fourth-order valence-electron chi connectivity index (χ4n) is 1.69. The van der Waals surface area contributed by atoms with Crippen LogP contribution in [-0.2, 0) is 11.3 Å². The van der Waals surface area contributed by atoms with E-state index in [4.69, 9.17) is 33.7 Å². The highest BCUT2D eigenvalue weighted by Gasteiger charge is 2.06. The average Bonchev–Trinajstić information content (AvgIpc) is 2.73. The number of anilines is 1. The molecule has 0 spiro atoms. The Labute approximate surface area is 132 Å². The Morgan fingerprint density at radius 3 is 2.60 bits per heavy atom. The molecule has 0 bridgehead atoms. The number of nitrogen functional groups attached to an aromatic ring is 1. The van der Waals surface area contributed by atoms with E-state index in [0.717, 1.165) is 27.6 Å². The maximum Gasteiger partial charge on any atom is 0.0773 e. The van der Waals surface area contributed by atoms with Gasteiger partial charge in [0.1, 0.15) is 0 Å². The number of nitrogens with one attached hydrogen (secondary N) is 1. The van der Waals surface area contributed by atoms with Crippen LogP contribution in [0.4, 0.5) is 5.69 Å². The van der Waals surface area contributed by atoms with Crippen molar-refractivity contribution in [1.82, 2.24) is 4.98 Å². The minimum atomic E-state index is 0.422. The molecule has 3 N–H and O–H groups in total. The Balaban J connectivity index is 1.76. The molecule has 0 aliphatic heterocycles. The highest BCUT2D eigenvalue weighted by atomic mass is 35.5. The second-order valence-electron chi connectivity index (χ2n) is 4.30. The lowest BCUT2D eigenvalue weighted by molar-refractivity contribution is 0.136. The number of aromatic amines is 1. The first-order chi connectivity index (χ1) is 9.59. The first-order valence-corrected chi connectivity index (χ1v) is 7.90. The maximum absolute atomic E-state index is 6.07. The molecule has 1 aromatic heterocycles. The lowest BCUT2D eigenvalue weighted by Crippen LogP contribution is -1.99. The van der Waals surface area contributed by atoms with Crippen LogP contribution in [0.3, 0.4) is 0 Å². The molecule has 0 fully saturated rings. The van der Waals surface area contributed by atoms with Crippen molar-refractivity contribution in [3.8, 4) is 0 Å². The summed E-state index contributed by atoms with van der Waals surface area (Å²) in [5.41, 5.74) is 8.48. The number of rotatable bonds is 6. The van der Waals surface area contributed by atoms with Gasteiger partial charge in [-0.15, -0.1) is 11.8 Å². The average molecular weight is 331 g/mol. The Morgan fingerprint density at radius 1 is 1.30 bits per heavy atom. The predicted molar refractivity (Wildman–Crippen MR) is 86.8 cm³/mol. The standard InChI is InChI=1S/C14H16Cl2N2OS/c1-9-13(17)7-18-14(9)20-6-5-19-8-10-11(15)3-2-4-12(10)16/h2-4,7,18H,5-6,8,17H2,1H3. The molecule has 0 amide bonds. The van der Waals surface area contributed by atoms with E-state index in [1.807, 2.05) is 31.3 Å². The number of ether oxygens (including phenoxy) is 1. The Kier molecular flexibility index (Phi) is 5.66. The van der Waals surface area contributed by atoms with Gasteiger partial charge in [0, 0.05) is 33.1 Å². The molecule has 0 aliphatic carbocycles. The molecule has 0 saturated heterocycles. The van der Waals surface area contributed by atoms with Crippen LogP contribution in [0.5, 0.6) is 0 Å². The van der Waals surface area contributed by atoms with Crippen molar-refractivity contribution in [3.05, 3.63) is 45.6 Å². The zero-order valence-corrected chi connectivity index (χ0v) is 13.4. The summed E-state index contributed by atoms with van der Waals surface area (Å²) in [6.45, 7) is 3.04. The van der Waals surface area contributed by atoms with Gasteiger partial charge in [0.2, 0.25) is 0 Å². The number of halogens is 2. The molecule has 0 atom stereocenters. The first-order valence-electron chi connectivity index (χ1n) is 6.16. The molecule has 0 radical (unpaired) electrons. The summed E-state index contributed by atoms with van der Waals surface area (Å²) in [5.74, 6) is 0.836. The van der Waals surface area contributed by atoms with E-state index >= 15 is 0 Å². The van der Waals surface area contributed by atoms with Gasteiger partial charge in [-0.3, -0.25) is 0 Å². The number of aromatic nitrogens is 1. The van der Waals surface area contributed by atoms with Crippen LogP contribution >= 0.6 is 35.0 Å². The minimum Gasteiger partial charge on any atom is -0.397 e.